The van der Waals surface area contributed by atoms with Crippen molar-refractivity contribution < 1.29 is 13.3 Å². The molecule has 0 atom stereocenters. The second-order valence-electron chi connectivity index (χ2n) is 6.30. The maximum atomic E-state index is 14.4. The number of rotatable bonds is 2. The summed E-state index contributed by atoms with van der Waals surface area (Å²) in [4.78, 5) is 12.4. The lowest BCUT2D eigenvalue weighted by molar-refractivity contribution is 0.393. The van der Waals surface area contributed by atoms with Crippen molar-refractivity contribution in [3.8, 4) is 16.8 Å². The summed E-state index contributed by atoms with van der Waals surface area (Å²) in [6.45, 7) is 3.59. The van der Waals surface area contributed by atoms with Crippen molar-refractivity contribution >= 4 is 16.7 Å². The molecule has 7 heteroatoms. The monoisotopic (exact) mass is 367 g/mol. The van der Waals surface area contributed by atoms with Gasteiger partial charge in [-0.05, 0) is 43.7 Å². The molecule has 4 rings (SSSR count). The Morgan fingerprint density at radius 1 is 1.07 bits per heavy atom. The van der Waals surface area contributed by atoms with Gasteiger partial charge in [-0.3, -0.25) is 9.36 Å². The second-order valence-corrected chi connectivity index (χ2v) is 6.30. The van der Waals surface area contributed by atoms with Crippen LogP contribution in [0.5, 0.6) is 0 Å². The summed E-state index contributed by atoms with van der Waals surface area (Å²) >= 11 is 0. The maximum absolute atomic E-state index is 14.4. The lowest BCUT2D eigenvalue weighted by Gasteiger charge is -2.16. The van der Waals surface area contributed by atoms with Gasteiger partial charge in [0.15, 0.2) is 5.43 Å². The van der Waals surface area contributed by atoms with Crippen molar-refractivity contribution in [2.24, 2.45) is 0 Å². The number of hydrogen-bond acceptors (Lipinski definition) is 4. The van der Waals surface area contributed by atoms with E-state index in [1.54, 1.807) is 25.1 Å². The van der Waals surface area contributed by atoms with Crippen LogP contribution >= 0.6 is 0 Å². The first-order valence-corrected chi connectivity index (χ1v) is 8.21. The van der Waals surface area contributed by atoms with Crippen molar-refractivity contribution in [3.63, 3.8) is 0 Å². The topological polar surface area (TPSA) is 74.1 Å². The van der Waals surface area contributed by atoms with Crippen LogP contribution in [0.2, 0.25) is 0 Å². The average Bonchev–Trinajstić information content (AvgIpc) is 2.94. The molecule has 0 saturated carbocycles. The predicted molar refractivity (Wildman–Crippen MR) is 98.8 cm³/mol. The number of nitrogen functional groups attached to an aromatic ring is 1. The average molecular weight is 367 g/mol. The van der Waals surface area contributed by atoms with Gasteiger partial charge in [-0.2, -0.15) is 0 Å². The summed E-state index contributed by atoms with van der Waals surface area (Å²) in [5.74, 6) is -0.808. The molecule has 2 N–H and O–H groups in total. The molecule has 0 bridgehead atoms. The summed E-state index contributed by atoms with van der Waals surface area (Å²) in [6, 6.07) is 9.57. The number of pyridine rings is 1. The van der Waals surface area contributed by atoms with Gasteiger partial charge >= 0.3 is 0 Å². The van der Waals surface area contributed by atoms with Crippen molar-refractivity contribution in [3.05, 3.63) is 75.8 Å². The predicted octanol–water partition coefficient (Wildman–Crippen LogP) is 4.12. The zero-order chi connectivity index (χ0) is 19.3. The summed E-state index contributed by atoms with van der Waals surface area (Å²) in [5, 5.41) is 4.31. The van der Waals surface area contributed by atoms with Gasteiger partial charge in [0.1, 0.15) is 23.2 Å². The Morgan fingerprint density at radius 2 is 1.85 bits per heavy atom. The first kappa shape index (κ1) is 17.0. The Labute approximate surface area is 152 Å². The SMILES string of the molecule is Cc1noc(C)c1-c1ccc2c(=O)cc(N)n(-c3ccc(F)cc3F)c2c1. The Balaban J connectivity index is 2.09. The number of anilines is 1. The number of hydrogen-bond donors (Lipinski definition) is 1. The molecule has 0 spiro atoms. The van der Waals surface area contributed by atoms with E-state index in [-0.39, 0.29) is 16.9 Å². The smallest absolute Gasteiger partial charge is 0.191 e. The molecule has 0 aliphatic heterocycles. The van der Waals surface area contributed by atoms with E-state index < -0.39 is 11.6 Å². The first-order chi connectivity index (χ1) is 12.9. The van der Waals surface area contributed by atoms with Crippen molar-refractivity contribution in [1.29, 1.82) is 0 Å². The molecule has 5 nitrogen and oxygen atoms in total. The highest BCUT2D eigenvalue weighted by molar-refractivity contribution is 5.88. The molecule has 0 aliphatic carbocycles. The van der Waals surface area contributed by atoms with E-state index in [0.717, 1.165) is 23.3 Å². The van der Waals surface area contributed by atoms with Crippen LogP contribution in [0, 0.1) is 25.5 Å². The largest absolute Gasteiger partial charge is 0.385 e. The molecular weight excluding hydrogens is 352 g/mol. The normalized spacial score (nSPS) is 11.3. The van der Waals surface area contributed by atoms with E-state index in [2.05, 4.69) is 5.16 Å². The highest BCUT2D eigenvalue weighted by Crippen LogP contribution is 2.31. The maximum Gasteiger partial charge on any atom is 0.191 e. The molecule has 0 unspecified atom stereocenters. The molecule has 0 amide bonds. The van der Waals surface area contributed by atoms with Crippen molar-refractivity contribution in [2.45, 2.75) is 13.8 Å². The van der Waals surface area contributed by atoms with Gasteiger partial charge in [0, 0.05) is 23.1 Å². The lowest BCUT2D eigenvalue weighted by atomic mass is 10.0. The fourth-order valence-corrected chi connectivity index (χ4v) is 3.32. The Bertz CT molecular complexity index is 1240. The molecule has 4 aromatic rings. The summed E-state index contributed by atoms with van der Waals surface area (Å²) in [6.07, 6.45) is 0. The number of nitrogens with zero attached hydrogens (tertiary/aromatic N) is 2. The van der Waals surface area contributed by atoms with Crippen LogP contribution in [0.4, 0.5) is 14.6 Å². The van der Waals surface area contributed by atoms with Crippen LogP contribution in [-0.4, -0.2) is 9.72 Å². The van der Waals surface area contributed by atoms with E-state index in [0.29, 0.717) is 22.4 Å². The molecule has 0 saturated heterocycles. The number of benzene rings is 2. The molecule has 2 heterocycles. The zero-order valence-corrected chi connectivity index (χ0v) is 14.6. The van der Waals surface area contributed by atoms with E-state index in [1.165, 1.54) is 16.7 Å². The van der Waals surface area contributed by atoms with Crippen LogP contribution in [0.25, 0.3) is 27.7 Å². The number of aromatic nitrogens is 2. The number of fused-ring (bicyclic) bond motifs is 1. The van der Waals surface area contributed by atoms with Crippen LogP contribution in [-0.2, 0) is 0 Å². The molecule has 2 aromatic heterocycles. The van der Waals surface area contributed by atoms with Crippen LogP contribution in [0.3, 0.4) is 0 Å². The number of halogens is 2. The summed E-state index contributed by atoms with van der Waals surface area (Å²) < 4.78 is 34.4. The number of aryl methyl sites for hydroxylation is 2. The second kappa shape index (κ2) is 6.05. The third kappa shape index (κ3) is 2.68. The molecule has 0 aliphatic rings. The van der Waals surface area contributed by atoms with Gasteiger partial charge in [-0.25, -0.2) is 8.78 Å². The third-order valence-electron chi connectivity index (χ3n) is 4.51. The van der Waals surface area contributed by atoms with E-state index in [4.69, 9.17) is 10.3 Å². The molecule has 2 aromatic carbocycles. The number of nitrogens with two attached hydrogens (primary N) is 1. The van der Waals surface area contributed by atoms with Crippen molar-refractivity contribution in [2.75, 3.05) is 5.73 Å². The lowest BCUT2D eigenvalue weighted by Crippen LogP contribution is -2.13. The fraction of sp³-hybridized carbons (Fsp3) is 0.100. The van der Waals surface area contributed by atoms with Gasteiger partial charge in [-0.1, -0.05) is 11.2 Å². The van der Waals surface area contributed by atoms with Crippen molar-refractivity contribution in [1.82, 2.24) is 9.72 Å². The Hall–Kier alpha value is -3.48. The molecule has 0 radical (unpaired) electrons. The fourth-order valence-electron chi connectivity index (χ4n) is 3.32. The minimum Gasteiger partial charge on any atom is -0.385 e. The summed E-state index contributed by atoms with van der Waals surface area (Å²) in [7, 11) is 0. The minimum atomic E-state index is -0.783. The Morgan fingerprint density at radius 3 is 2.52 bits per heavy atom. The Kier molecular flexibility index (Phi) is 3.80. The molecule has 0 fully saturated rings. The van der Waals surface area contributed by atoms with Gasteiger partial charge in [-0.15, -0.1) is 0 Å². The minimum absolute atomic E-state index is 0.0499. The highest BCUT2D eigenvalue weighted by atomic mass is 19.1. The third-order valence-corrected chi connectivity index (χ3v) is 4.51. The van der Waals surface area contributed by atoms with Gasteiger partial charge in [0.2, 0.25) is 0 Å². The zero-order valence-electron chi connectivity index (χ0n) is 14.6. The molecule has 27 heavy (non-hydrogen) atoms. The van der Waals surface area contributed by atoms with E-state index in [9.17, 15) is 13.6 Å². The van der Waals surface area contributed by atoms with Gasteiger partial charge in [0.05, 0.1) is 16.9 Å². The first-order valence-electron chi connectivity index (χ1n) is 8.21. The quantitative estimate of drug-likeness (QED) is 0.578. The van der Waals surface area contributed by atoms with Gasteiger partial charge < -0.3 is 10.3 Å². The molecular formula is C20H15F2N3O2. The standard InChI is InChI=1S/C20H15F2N3O2/c1-10-20(11(2)27-24-10)12-3-5-14-17(7-12)25(19(23)9-18(14)26)16-6-4-13(21)8-15(16)22/h3-9H,23H2,1-2H3. The van der Waals surface area contributed by atoms with E-state index in [1.807, 2.05) is 6.92 Å². The van der Waals surface area contributed by atoms with Crippen LogP contribution in [0.1, 0.15) is 11.5 Å². The highest BCUT2D eigenvalue weighted by Gasteiger charge is 2.17. The van der Waals surface area contributed by atoms with Gasteiger partial charge in [0.25, 0.3) is 0 Å². The van der Waals surface area contributed by atoms with Crippen LogP contribution in [0.15, 0.2) is 51.8 Å². The molecule has 136 valence electrons. The van der Waals surface area contributed by atoms with Crippen LogP contribution < -0.4 is 11.2 Å². The summed E-state index contributed by atoms with van der Waals surface area (Å²) in [5.41, 5.74) is 8.43. The van der Waals surface area contributed by atoms with E-state index >= 15 is 0 Å².